The topological polar surface area (TPSA) is 294 Å². The van der Waals surface area contributed by atoms with Gasteiger partial charge < -0.3 is 29.4 Å². The lowest BCUT2D eigenvalue weighted by molar-refractivity contribution is -0.121. The van der Waals surface area contributed by atoms with Gasteiger partial charge in [-0.15, -0.1) is 0 Å². The van der Waals surface area contributed by atoms with Gasteiger partial charge in [-0.2, -0.15) is 8.62 Å². The predicted octanol–water partition coefficient (Wildman–Crippen LogP) is -1.60. The van der Waals surface area contributed by atoms with E-state index in [9.17, 15) is 37.7 Å². The number of aliphatic hydroxyl groups is 1. The van der Waals surface area contributed by atoms with Crippen molar-refractivity contribution < 1.29 is 60.6 Å². The lowest BCUT2D eigenvalue weighted by Gasteiger charge is -2.28. The van der Waals surface area contributed by atoms with Crippen molar-refractivity contribution in [2.45, 2.75) is 24.1 Å². The monoisotopic (exact) mass is 542 g/mol. The number of aromatic amines is 1. The quantitative estimate of drug-likeness (QED) is 0.0995. The van der Waals surface area contributed by atoms with Crippen LogP contribution in [0.2, 0.25) is 0 Å². The summed E-state index contributed by atoms with van der Waals surface area (Å²) in [7, 11) is -17.2. The number of nitrogens with zero attached hydrogens (tertiary/aromatic N) is 3. The maximum atomic E-state index is 14.8. The molecule has 33 heavy (non-hydrogen) atoms. The van der Waals surface area contributed by atoms with E-state index >= 15 is 0 Å². The number of hydrogen-bond donors (Lipinski definition) is 7. The summed E-state index contributed by atoms with van der Waals surface area (Å²) in [5.74, 6) is 0. The van der Waals surface area contributed by atoms with Gasteiger partial charge in [0.25, 0.3) is 5.56 Å². The summed E-state index contributed by atoms with van der Waals surface area (Å²) in [6, 6.07) is 0.819. The van der Waals surface area contributed by atoms with Gasteiger partial charge in [0.15, 0.2) is 24.5 Å². The molecule has 6 atom stereocenters. The van der Waals surface area contributed by atoms with Crippen molar-refractivity contribution in [2.24, 2.45) is 5.11 Å². The van der Waals surface area contributed by atoms with Crippen molar-refractivity contribution >= 4 is 23.5 Å². The molecule has 7 N–H and O–H groups in total. The molecule has 1 aliphatic heterocycles. The van der Waals surface area contributed by atoms with E-state index in [0.29, 0.717) is 4.57 Å². The van der Waals surface area contributed by atoms with E-state index in [2.05, 4.69) is 23.2 Å². The summed E-state index contributed by atoms with van der Waals surface area (Å²) in [6.07, 6.45) is -5.86. The number of ether oxygens (including phenoxy) is 1. The summed E-state index contributed by atoms with van der Waals surface area (Å²) in [4.78, 5) is 63.3. The molecule has 1 saturated heterocycles. The third-order valence-electron chi connectivity index (χ3n) is 3.89. The van der Waals surface area contributed by atoms with Gasteiger partial charge in [-0.1, -0.05) is 0 Å². The van der Waals surface area contributed by atoms with Crippen LogP contribution in [0.3, 0.4) is 0 Å². The zero-order valence-electron chi connectivity index (χ0n) is 15.8. The fraction of sp³-hybridized carbons (Fsp3) is 0.600. The van der Waals surface area contributed by atoms with E-state index in [-0.39, 0.29) is 0 Å². The molecular formula is C10H16FN5O14P3+. The van der Waals surface area contributed by atoms with Gasteiger partial charge in [0.05, 0.1) is 6.61 Å². The standard InChI is InChI=1S/C10H15FN5O14P3/c11-6-7(18)10(3-13-15-12,28-8(6)16-2-1-5(17)14-9(16)19)4-27-32(23,24)30-33(25,26)29-31(20,21)22/h1-2,6-8,12,18H,3-4H2,(H4-,14,17,19,20,21,22,23,24,25,26)/p+1/t6-,7+,8-,10-/m1/s1. The average molecular weight is 542 g/mol. The van der Waals surface area contributed by atoms with Crippen LogP contribution in [0.25, 0.3) is 0 Å². The highest BCUT2D eigenvalue weighted by Gasteiger charge is 2.58. The van der Waals surface area contributed by atoms with E-state index < -0.39 is 72.0 Å². The first kappa shape index (κ1) is 27.5. The number of alkyl halides is 1. The number of halogens is 1. The minimum absolute atomic E-state index is 0.514. The first-order valence-electron chi connectivity index (χ1n) is 8.14. The Kier molecular flexibility index (Phi) is 8.21. The van der Waals surface area contributed by atoms with Crippen molar-refractivity contribution in [3.8, 4) is 0 Å². The number of hydrogen-bond acceptors (Lipinski definition) is 12. The van der Waals surface area contributed by atoms with E-state index in [1.54, 1.807) is 4.98 Å². The van der Waals surface area contributed by atoms with Gasteiger partial charge in [-0.05, 0) is 0 Å². The second-order valence-electron chi connectivity index (χ2n) is 6.24. The van der Waals surface area contributed by atoms with Gasteiger partial charge in [-0.25, -0.2) is 22.9 Å². The number of aliphatic hydroxyl groups excluding tert-OH is 1. The molecule has 1 aromatic rings. The van der Waals surface area contributed by atoms with Gasteiger partial charge in [0.2, 0.25) is 4.91 Å². The molecule has 186 valence electrons. The predicted molar refractivity (Wildman–Crippen MR) is 97.0 cm³/mol. The van der Waals surface area contributed by atoms with E-state index in [1.165, 1.54) is 0 Å². The van der Waals surface area contributed by atoms with Crippen LogP contribution >= 0.6 is 23.5 Å². The summed E-state index contributed by atoms with van der Waals surface area (Å²) in [6.45, 7) is -2.27. The Morgan fingerprint density at radius 1 is 1.24 bits per heavy atom. The Bertz CT molecular complexity index is 1190. The van der Waals surface area contributed by atoms with Crippen LogP contribution in [0.4, 0.5) is 4.39 Å². The molecule has 1 fully saturated rings. The fourth-order valence-electron chi connectivity index (χ4n) is 2.60. The third-order valence-corrected chi connectivity index (χ3v) is 7.67. The van der Waals surface area contributed by atoms with Crippen LogP contribution in [0.5, 0.6) is 0 Å². The van der Waals surface area contributed by atoms with Gasteiger partial charge in [0, 0.05) is 12.3 Å². The second-order valence-corrected chi connectivity index (χ2v) is 10.7. The number of aromatic nitrogens is 2. The Morgan fingerprint density at radius 2 is 1.88 bits per heavy atom. The van der Waals surface area contributed by atoms with Crippen LogP contribution in [0, 0.1) is 5.53 Å². The molecule has 0 radical (unpaired) electrons. The normalized spacial score (nSPS) is 29.1. The summed E-state index contributed by atoms with van der Waals surface area (Å²) < 4.78 is 66.0. The smallest absolute Gasteiger partial charge is 0.387 e. The molecule has 0 aliphatic carbocycles. The van der Waals surface area contributed by atoms with Crippen molar-refractivity contribution in [2.75, 3.05) is 13.2 Å². The zero-order valence-corrected chi connectivity index (χ0v) is 18.5. The lowest BCUT2D eigenvalue weighted by Crippen LogP contribution is -2.48. The van der Waals surface area contributed by atoms with Gasteiger partial charge in [-0.3, -0.25) is 18.9 Å². The molecule has 23 heteroatoms. The van der Waals surface area contributed by atoms with Crippen LogP contribution < -0.4 is 16.2 Å². The van der Waals surface area contributed by atoms with Crippen molar-refractivity contribution in [3.05, 3.63) is 33.1 Å². The second kappa shape index (κ2) is 9.85. The summed E-state index contributed by atoms with van der Waals surface area (Å²) in [5.41, 5.74) is 2.25. The Labute approximate surface area is 180 Å². The molecule has 2 heterocycles. The van der Waals surface area contributed by atoms with Crippen molar-refractivity contribution in [1.82, 2.24) is 14.5 Å². The highest BCUT2D eigenvalue weighted by Crippen LogP contribution is 2.66. The third kappa shape index (κ3) is 7.11. The molecule has 1 aromatic heterocycles. The van der Waals surface area contributed by atoms with Crippen LogP contribution in [-0.4, -0.2) is 65.3 Å². The van der Waals surface area contributed by atoms with Gasteiger partial charge >= 0.3 is 29.2 Å². The molecule has 0 amide bonds. The molecule has 0 saturated carbocycles. The summed E-state index contributed by atoms with van der Waals surface area (Å²) in [5, 5.41) is 13.5. The Balaban J connectivity index is 2.31. The zero-order chi connectivity index (χ0) is 25.2. The number of phosphoric acid groups is 3. The number of nitrogens with one attached hydrogen (secondary N) is 2. The molecule has 1 aliphatic rings. The highest BCUT2D eigenvalue weighted by atomic mass is 31.3. The van der Waals surface area contributed by atoms with Crippen LogP contribution in [-0.2, 0) is 31.6 Å². The molecule has 2 rings (SSSR count). The maximum Gasteiger partial charge on any atom is 0.490 e. The SMILES string of the molecule is N=[N+]=NC[C@]1(COP(=O)(O)OP(=O)(O)OP(=O)(O)O)O[C@@H](n2ccc(=O)[nH]c2=O)[C@H](F)[C@@H]1O. The lowest BCUT2D eigenvalue weighted by atomic mass is 9.97. The molecule has 2 unspecified atom stereocenters. The first-order valence-corrected chi connectivity index (χ1v) is 12.7. The maximum absolute atomic E-state index is 14.8. The molecule has 0 aromatic carbocycles. The molecular weight excluding hydrogens is 526 g/mol. The first-order chi connectivity index (χ1) is 15.0. The van der Waals surface area contributed by atoms with Crippen molar-refractivity contribution in [1.29, 1.82) is 5.53 Å². The van der Waals surface area contributed by atoms with Crippen LogP contribution in [0.1, 0.15) is 6.23 Å². The minimum atomic E-state index is -5.87. The Morgan fingerprint density at radius 3 is 2.42 bits per heavy atom. The molecule has 19 nitrogen and oxygen atoms in total. The van der Waals surface area contributed by atoms with Crippen LogP contribution in [0.15, 0.2) is 27.0 Å². The summed E-state index contributed by atoms with van der Waals surface area (Å²) >= 11 is 0. The van der Waals surface area contributed by atoms with E-state index in [1.807, 2.05) is 0 Å². The molecule has 0 bridgehead atoms. The Hall–Kier alpha value is -1.75. The molecule has 0 spiro atoms. The highest BCUT2D eigenvalue weighted by molar-refractivity contribution is 7.66. The average Bonchev–Trinajstić information content (AvgIpc) is 2.88. The largest absolute Gasteiger partial charge is 0.490 e. The van der Waals surface area contributed by atoms with Gasteiger partial charge in [0.1, 0.15) is 16.7 Å². The number of rotatable bonds is 10. The van der Waals surface area contributed by atoms with E-state index in [4.69, 9.17) is 24.9 Å². The number of H-pyrrole nitrogens is 1. The van der Waals surface area contributed by atoms with E-state index in [0.717, 1.165) is 12.3 Å². The minimum Gasteiger partial charge on any atom is -0.387 e. The fourth-order valence-corrected chi connectivity index (χ4v) is 5.68. The van der Waals surface area contributed by atoms with Crippen molar-refractivity contribution in [3.63, 3.8) is 0 Å². The number of phosphoric ester groups is 1.